The summed E-state index contributed by atoms with van der Waals surface area (Å²) in [6, 6.07) is 69.0. The van der Waals surface area contributed by atoms with Crippen LogP contribution >= 0.6 is 11.8 Å². The van der Waals surface area contributed by atoms with Gasteiger partial charge in [-0.05, 0) is 57.5 Å². The van der Waals surface area contributed by atoms with Gasteiger partial charge in [0, 0.05) is 23.8 Å². The monoisotopic (exact) mass is 866 g/mol. The Bertz CT molecular complexity index is 2560. The van der Waals surface area contributed by atoms with Gasteiger partial charge in [0.2, 0.25) is 5.69 Å². The molecule has 7 aromatic carbocycles. The summed E-state index contributed by atoms with van der Waals surface area (Å²) in [7, 11) is 0. The summed E-state index contributed by atoms with van der Waals surface area (Å²) in [6.07, 6.45) is 1.79. The molecule has 0 aliphatic carbocycles. The SMILES string of the molecule is C1=[N+](c2[c-]c(Oc3[c-]c(Sc4ccccn4)ccc3)ccc2)c2ccc3ccccc3c2[N+]=1c1c(-c2ccccc2)cccc1-c1ccccc1.[Pt+2]. The van der Waals surface area contributed by atoms with Gasteiger partial charge in [0.1, 0.15) is 5.69 Å². The molecule has 4 nitrogen and oxygen atoms in total. The van der Waals surface area contributed by atoms with Crippen LogP contribution in [0.5, 0.6) is 11.5 Å². The number of pyridine rings is 1. The average molecular weight is 867 g/mol. The number of benzene rings is 7. The molecular formula is C46H29N3OPtS+2. The molecule has 0 N–H and O–H groups in total. The molecule has 0 saturated heterocycles. The van der Waals surface area contributed by atoms with E-state index in [1.54, 1.807) is 18.0 Å². The molecule has 2 heterocycles. The predicted octanol–water partition coefficient (Wildman–Crippen LogP) is 12.0. The maximum absolute atomic E-state index is 6.37. The van der Waals surface area contributed by atoms with Crippen LogP contribution in [-0.2, 0) is 21.1 Å². The topological polar surface area (TPSA) is 28.1 Å². The van der Waals surface area contributed by atoms with Crippen molar-refractivity contribution in [3.05, 3.63) is 188 Å². The molecule has 6 heteroatoms. The van der Waals surface area contributed by atoms with Gasteiger partial charge in [-0.2, -0.15) is 18.2 Å². The van der Waals surface area contributed by atoms with Crippen molar-refractivity contribution in [1.29, 1.82) is 0 Å². The molecule has 52 heavy (non-hydrogen) atoms. The van der Waals surface area contributed by atoms with Crippen LogP contribution < -0.4 is 13.9 Å². The summed E-state index contributed by atoms with van der Waals surface area (Å²) in [5.74, 6) is 1.19. The Balaban J connectivity index is 0.00000387. The second-order valence-corrected chi connectivity index (χ2v) is 13.1. The Morgan fingerprint density at radius 3 is 1.92 bits per heavy atom. The number of nitrogens with zero attached hydrogens (tertiary/aromatic N) is 3. The second-order valence-electron chi connectivity index (χ2n) is 12.0. The maximum atomic E-state index is 6.37. The van der Waals surface area contributed by atoms with Crippen molar-refractivity contribution < 1.29 is 25.8 Å². The third kappa shape index (κ3) is 6.54. The largest absolute Gasteiger partial charge is 2.00 e. The number of rotatable bonds is 8. The van der Waals surface area contributed by atoms with Crippen LogP contribution in [0.15, 0.2) is 186 Å². The van der Waals surface area contributed by atoms with Gasteiger partial charge in [0.25, 0.3) is 5.69 Å². The van der Waals surface area contributed by atoms with Crippen LogP contribution in [0.1, 0.15) is 0 Å². The summed E-state index contributed by atoms with van der Waals surface area (Å²) in [6.45, 7) is 0. The minimum absolute atomic E-state index is 0. The van der Waals surface area contributed by atoms with Gasteiger partial charge in [0.05, 0.1) is 21.5 Å². The fraction of sp³-hybridized carbons (Fsp3) is 0. The first-order valence-electron chi connectivity index (χ1n) is 16.7. The Hall–Kier alpha value is -5.83. The van der Waals surface area contributed by atoms with E-state index in [2.05, 4.69) is 148 Å². The first-order valence-corrected chi connectivity index (χ1v) is 17.5. The molecule has 1 aliphatic rings. The molecule has 0 fully saturated rings. The van der Waals surface area contributed by atoms with Gasteiger partial charge in [-0.25, -0.2) is 4.98 Å². The molecule has 0 bridgehead atoms. The van der Waals surface area contributed by atoms with Crippen molar-refractivity contribution in [3.8, 4) is 33.8 Å². The van der Waals surface area contributed by atoms with E-state index in [-0.39, 0.29) is 21.1 Å². The molecule has 0 atom stereocenters. The minimum Gasteiger partial charge on any atom is -0.509 e. The predicted molar refractivity (Wildman–Crippen MR) is 208 cm³/mol. The van der Waals surface area contributed by atoms with E-state index in [9.17, 15) is 0 Å². The van der Waals surface area contributed by atoms with Crippen molar-refractivity contribution in [2.24, 2.45) is 0 Å². The minimum atomic E-state index is 0. The molecule has 0 amide bonds. The van der Waals surface area contributed by atoms with Crippen LogP contribution in [0.3, 0.4) is 0 Å². The normalized spacial score (nSPS) is 11.7. The zero-order valence-electron chi connectivity index (χ0n) is 27.7. The molecule has 248 valence electrons. The first-order chi connectivity index (χ1) is 25.3. The van der Waals surface area contributed by atoms with Crippen molar-refractivity contribution >= 4 is 51.3 Å². The summed E-state index contributed by atoms with van der Waals surface area (Å²) in [5.41, 5.74) is 8.42. The zero-order valence-corrected chi connectivity index (χ0v) is 30.8. The van der Waals surface area contributed by atoms with Crippen LogP contribution in [0.4, 0.5) is 22.7 Å². The van der Waals surface area contributed by atoms with Gasteiger partial charge in [-0.3, -0.25) is 0 Å². The quantitative estimate of drug-likeness (QED) is 0.113. The van der Waals surface area contributed by atoms with E-state index in [1.165, 1.54) is 0 Å². The molecule has 8 aromatic rings. The van der Waals surface area contributed by atoms with Gasteiger partial charge in [-0.15, -0.1) is 18.2 Å². The molecule has 9 rings (SSSR count). The van der Waals surface area contributed by atoms with E-state index in [0.717, 1.165) is 65.7 Å². The third-order valence-electron chi connectivity index (χ3n) is 8.78. The summed E-state index contributed by atoms with van der Waals surface area (Å²) in [5, 5.41) is 3.19. The van der Waals surface area contributed by atoms with E-state index < -0.39 is 0 Å². The number of ether oxygens (including phenoxy) is 1. The Morgan fingerprint density at radius 2 is 1.19 bits per heavy atom. The molecule has 0 unspecified atom stereocenters. The van der Waals surface area contributed by atoms with Crippen molar-refractivity contribution in [3.63, 3.8) is 0 Å². The molecule has 0 spiro atoms. The number of fused-ring (bicyclic) bond motifs is 3. The van der Waals surface area contributed by atoms with Gasteiger partial charge in [0.15, 0.2) is 0 Å². The number of hydrogen-bond acceptors (Lipinski definition) is 3. The zero-order chi connectivity index (χ0) is 34.0. The van der Waals surface area contributed by atoms with Gasteiger partial charge < -0.3 is 4.74 Å². The molecule has 1 aliphatic heterocycles. The van der Waals surface area contributed by atoms with Gasteiger partial charge >= 0.3 is 32.8 Å². The second kappa shape index (κ2) is 14.8. The Labute approximate surface area is 321 Å². The first kappa shape index (κ1) is 33.3. The van der Waals surface area contributed by atoms with Crippen LogP contribution in [0.25, 0.3) is 33.0 Å². The Morgan fingerprint density at radius 1 is 0.538 bits per heavy atom. The van der Waals surface area contributed by atoms with E-state index in [0.29, 0.717) is 11.5 Å². The summed E-state index contributed by atoms with van der Waals surface area (Å²) < 4.78 is 10.7. The van der Waals surface area contributed by atoms with E-state index >= 15 is 0 Å². The fourth-order valence-electron chi connectivity index (χ4n) is 6.51. The molecule has 0 saturated carbocycles. The molecule has 0 radical (unpaired) electrons. The standard InChI is InChI=1S/C46H29N3OS.Pt/c1-3-14-33(15-4-1)40-24-13-25-41(34-16-5-2-6-17-34)45(40)49-32-48(43-28-27-35-18-7-8-23-42(35)46(43)49)36-19-11-20-37(30-36)50-38-21-12-22-39(31-38)51-44-26-9-10-29-47-44;/h1-29H;/q;+2. The van der Waals surface area contributed by atoms with Crippen molar-refractivity contribution in [1.82, 2.24) is 14.1 Å². The molecular weight excluding hydrogens is 838 g/mol. The van der Waals surface area contributed by atoms with Gasteiger partial charge in [-0.1, -0.05) is 124 Å². The number of aromatic nitrogens is 1. The maximum Gasteiger partial charge on any atom is 2.00 e. The van der Waals surface area contributed by atoms with Crippen LogP contribution in [-0.4, -0.2) is 11.0 Å². The van der Waals surface area contributed by atoms with Crippen LogP contribution in [0.2, 0.25) is 0 Å². The smallest absolute Gasteiger partial charge is 0.509 e. The van der Waals surface area contributed by atoms with Crippen LogP contribution in [0, 0.1) is 12.1 Å². The van der Waals surface area contributed by atoms with Crippen molar-refractivity contribution in [2.75, 3.05) is 0 Å². The molecule has 1 aromatic heterocycles. The van der Waals surface area contributed by atoms with E-state index in [1.807, 2.05) is 54.6 Å². The van der Waals surface area contributed by atoms with E-state index in [4.69, 9.17) is 4.74 Å². The van der Waals surface area contributed by atoms with Crippen molar-refractivity contribution in [2.45, 2.75) is 9.92 Å². The summed E-state index contributed by atoms with van der Waals surface area (Å²) in [4.78, 5) is 5.36. The number of hydrogen-bond donors (Lipinski definition) is 0. The summed E-state index contributed by atoms with van der Waals surface area (Å²) >= 11 is 1.55. The average Bonchev–Trinajstić information content (AvgIpc) is 3.59. The third-order valence-corrected chi connectivity index (χ3v) is 9.69. The fourth-order valence-corrected chi connectivity index (χ4v) is 7.29. The Kier molecular flexibility index (Phi) is 9.48. The number of para-hydroxylation sites is 1.